The molecule has 2 N–H and O–H groups in total. The summed E-state index contributed by atoms with van der Waals surface area (Å²) in [6.45, 7) is 3.74. The average molecular weight is 339 g/mol. The van der Waals surface area contributed by atoms with Crippen LogP contribution < -0.4 is 10.0 Å². The summed E-state index contributed by atoms with van der Waals surface area (Å²) in [4.78, 5) is 0.0411. The van der Waals surface area contributed by atoms with Gasteiger partial charge >= 0.3 is 0 Å². The van der Waals surface area contributed by atoms with E-state index < -0.39 is 15.8 Å². The van der Waals surface area contributed by atoms with Crippen LogP contribution in [0.1, 0.15) is 13.3 Å². The molecular formula is C11H16BrFN2O2S. The van der Waals surface area contributed by atoms with Crippen LogP contribution in [0.2, 0.25) is 0 Å². The zero-order valence-corrected chi connectivity index (χ0v) is 12.4. The van der Waals surface area contributed by atoms with Crippen molar-refractivity contribution in [3.8, 4) is 0 Å². The van der Waals surface area contributed by atoms with Crippen molar-refractivity contribution in [1.82, 2.24) is 10.0 Å². The van der Waals surface area contributed by atoms with E-state index in [2.05, 4.69) is 26.0 Å². The van der Waals surface area contributed by atoms with Gasteiger partial charge in [0.2, 0.25) is 10.0 Å². The van der Waals surface area contributed by atoms with E-state index >= 15 is 0 Å². The summed E-state index contributed by atoms with van der Waals surface area (Å²) in [7, 11) is -3.60. The topological polar surface area (TPSA) is 58.2 Å². The van der Waals surface area contributed by atoms with Crippen LogP contribution in [-0.2, 0) is 10.0 Å². The maximum Gasteiger partial charge on any atom is 0.241 e. The molecule has 102 valence electrons. The van der Waals surface area contributed by atoms with Gasteiger partial charge in [-0.1, -0.05) is 6.92 Å². The molecule has 0 saturated carbocycles. The highest BCUT2D eigenvalue weighted by molar-refractivity contribution is 9.10. The number of nitrogens with one attached hydrogen (secondary N) is 2. The van der Waals surface area contributed by atoms with Crippen molar-refractivity contribution in [2.24, 2.45) is 0 Å². The number of benzene rings is 1. The molecule has 0 aromatic heterocycles. The summed E-state index contributed by atoms with van der Waals surface area (Å²) in [5, 5.41) is 3.08. The Morgan fingerprint density at radius 1 is 1.28 bits per heavy atom. The van der Waals surface area contributed by atoms with Gasteiger partial charge < -0.3 is 5.32 Å². The molecular weight excluding hydrogens is 323 g/mol. The van der Waals surface area contributed by atoms with E-state index in [-0.39, 0.29) is 9.37 Å². The molecule has 1 rings (SSSR count). The third-order valence-corrected chi connectivity index (χ3v) is 4.64. The van der Waals surface area contributed by atoms with Gasteiger partial charge in [0.25, 0.3) is 0 Å². The van der Waals surface area contributed by atoms with Gasteiger partial charge in [-0.25, -0.2) is 17.5 Å². The first-order chi connectivity index (χ1) is 8.47. The number of halogens is 2. The van der Waals surface area contributed by atoms with Crippen LogP contribution in [0.5, 0.6) is 0 Å². The van der Waals surface area contributed by atoms with E-state index in [0.29, 0.717) is 13.1 Å². The quantitative estimate of drug-likeness (QED) is 0.746. The van der Waals surface area contributed by atoms with Gasteiger partial charge in [-0.05, 0) is 47.1 Å². The third-order valence-electron chi connectivity index (χ3n) is 2.20. The summed E-state index contributed by atoms with van der Waals surface area (Å²) < 4.78 is 39.4. The van der Waals surface area contributed by atoms with Crippen molar-refractivity contribution < 1.29 is 12.8 Å². The molecule has 0 amide bonds. The van der Waals surface area contributed by atoms with Crippen LogP contribution in [-0.4, -0.2) is 28.1 Å². The number of hydrogen-bond donors (Lipinski definition) is 2. The zero-order valence-electron chi connectivity index (χ0n) is 10.0. The van der Waals surface area contributed by atoms with Crippen molar-refractivity contribution >= 4 is 26.0 Å². The Labute approximate surface area is 115 Å². The van der Waals surface area contributed by atoms with E-state index in [1.807, 2.05) is 6.92 Å². The maximum absolute atomic E-state index is 12.9. The van der Waals surface area contributed by atoms with Crippen molar-refractivity contribution in [2.75, 3.05) is 19.6 Å². The van der Waals surface area contributed by atoms with Crippen LogP contribution in [0.3, 0.4) is 0 Å². The largest absolute Gasteiger partial charge is 0.315 e. The molecule has 0 aliphatic carbocycles. The molecule has 0 saturated heterocycles. The molecule has 0 heterocycles. The zero-order chi connectivity index (χ0) is 13.6. The second-order valence-electron chi connectivity index (χ2n) is 3.72. The standard InChI is InChI=1S/C11H16BrFN2O2S/c1-2-5-14-6-7-15-18(16,17)11-4-3-9(13)8-10(11)12/h3-4,8,14-15H,2,5-7H2,1H3. The summed E-state index contributed by atoms with van der Waals surface area (Å²) in [5.41, 5.74) is 0. The normalized spacial score (nSPS) is 11.7. The second kappa shape index (κ2) is 7.18. The van der Waals surface area contributed by atoms with E-state index in [1.165, 1.54) is 6.07 Å². The SMILES string of the molecule is CCCNCCNS(=O)(=O)c1ccc(F)cc1Br. The smallest absolute Gasteiger partial charge is 0.241 e. The van der Waals surface area contributed by atoms with Gasteiger partial charge in [-0.15, -0.1) is 0 Å². The number of sulfonamides is 1. The van der Waals surface area contributed by atoms with Crippen LogP contribution in [0.4, 0.5) is 4.39 Å². The first-order valence-corrected chi connectivity index (χ1v) is 7.90. The highest BCUT2D eigenvalue weighted by Gasteiger charge is 2.17. The fourth-order valence-corrected chi connectivity index (χ4v) is 3.43. The highest BCUT2D eigenvalue weighted by atomic mass is 79.9. The van der Waals surface area contributed by atoms with Gasteiger partial charge in [0.1, 0.15) is 5.82 Å². The lowest BCUT2D eigenvalue weighted by molar-refractivity contribution is 0.574. The lowest BCUT2D eigenvalue weighted by atomic mass is 10.3. The van der Waals surface area contributed by atoms with Crippen molar-refractivity contribution in [3.05, 3.63) is 28.5 Å². The lowest BCUT2D eigenvalue weighted by Gasteiger charge is -2.09. The summed E-state index contributed by atoms with van der Waals surface area (Å²) in [5.74, 6) is -0.481. The Hall–Kier alpha value is -0.500. The Balaban J connectivity index is 2.63. The molecule has 0 atom stereocenters. The second-order valence-corrected chi connectivity index (χ2v) is 6.31. The molecule has 0 unspecified atom stereocenters. The minimum absolute atomic E-state index is 0.0411. The first-order valence-electron chi connectivity index (χ1n) is 5.63. The fourth-order valence-electron chi connectivity index (χ4n) is 1.35. The summed E-state index contributed by atoms with van der Waals surface area (Å²) in [6, 6.07) is 3.49. The number of rotatable bonds is 7. The van der Waals surface area contributed by atoms with Crippen molar-refractivity contribution in [1.29, 1.82) is 0 Å². The van der Waals surface area contributed by atoms with E-state index in [0.717, 1.165) is 25.1 Å². The highest BCUT2D eigenvalue weighted by Crippen LogP contribution is 2.22. The van der Waals surface area contributed by atoms with Crippen molar-refractivity contribution in [2.45, 2.75) is 18.2 Å². The number of hydrogen-bond acceptors (Lipinski definition) is 3. The van der Waals surface area contributed by atoms with Crippen LogP contribution in [0.15, 0.2) is 27.6 Å². The molecule has 1 aromatic carbocycles. The lowest BCUT2D eigenvalue weighted by Crippen LogP contribution is -2.32. The fraction of sp³-hybridized carbons (Fsp3) is 0.455. The minimum atomic E-state index is -3.60. The molecule has 0 fully saturated rings. The maximum atomic E-state index is 12.9. The predicted octanol–water partition coefficient (Wildman–Crippen LogP) is 1.87. The van der Waals surface area contributed by atoms with Gasteiger partial charge in [-0.3, -0.25) is 0 Å². The van der Waals surface area contributed by atoms with Crippen molar-refractivity contribution in [3.63, 3.8) is 0 Å². The Morgan fingerprint density at radius 2 is 2.00 bits per heavy atom. The molecule has 0 radical (unpaired) electrons. The molecule has 7 heteroatoms. The summed E-state index contributed by atoms with van der Waals surface area (Å²) in [6.07, 6.45) is 0.996. The molecule has 4 nitrogen and oxygen atoms in total. The summed E-state index contributed by atoms with van der Waals surface area (Å²) >= 11 is 3.04. The predicted molar refractivity (Wildman–Crippen MR) is 72.4 cm³/mol. The van der Waals surface area contributed by atoms with Crippen LogP contribution >= 0.6 is 15.9 Å². The van der Waals surface area contributed by atoms with E-state index in [9.17, 15) is 12.8 Å². The molecule has 1 aromatic rings. The molecule has 0 bridgehead atoms. The van der Waals surface area contributed by atoms with E-state index in [1.54, 1.807) is 0 Å². The van der Waals surface area contributed by atoms with Gasteiger partial charge in [0, 0.05) is 17.6 Å². The molecule has 18 heavy (non-hydrogen) atoms. The molecule has 0 spiro atoms. The third kappa shape index (κ3) is 4.64. The Kier molecular flexibility index (Phi) is 6.20. The Bertz CT molecular complexity index is 494. The van der Waals surface area contributed by atoms with Crippen LogP contribution in [0.25, 0.3) is 0 Å². The minimum Gasteiger partial charge on any atom is -0.315 e. The molecule has 0 aliphatic heterocycles. The van der Waals surface area contributed by atoms with Gasteiger partial charge in [0.15, 0.2) is 0 Å². The van der Waals surface area contributed by atoms with Crippen LogP contribution in [0, 0.1) is 5.82 Å². The van der Waals surface area contributed by atoms with Gasteiger partial charge in [-0.2, -0.15) is 0 Å². The van der Waals surface area contributed by atoms with Gasteiger partial charge in [0.05, 0.1) is 4.90 Å². The Morgan fingerprint density at radius 3 is 2.61 bits per heavy atom. The molecule has 0 aliphatic rings. The monoisotopic (exact) mass is 338 g/mol. The first kappa shape index (κ1) is 15.6. The van der Waals surface area contributed by atoms with E-state index in [4.69, 9.17) is 0 Å². The average Bonchev–Trinajstić information content (AvgIpc) is 2.28.